The van der Waals surface area contributed by atoms with Crippen LogP contribution in [0.1, 0.15) is 36.0 Å². The molecule has 26 heavy (non-hydrogen) atoms. The summed E-state index contributed by atoms with van der Waals surface area (Å²) < 4.78 is 11.0. The Morgan fingerprint density at radius 3 is 2.46 bits per heavy atom. The zero-order valence-electron chi connectivity index (χ0n) is 15.0. The Balaban J connectivity index is 1.42. The van der Waals surface area contributed by atoms with Gasteiger partial charge in [0, 0.05) is 37.6 Å². The molecule has 3 N–H and O–H groups in total. The quantitative estimate of drug-likeness (QED) is 0.650. The fourth-order valence-electron chi connectivity index (χ4n) is 3.21. The summed E-state index contributed by atoms with van der Waals surface area (Å²) in [5.74, 6) is -0.298. The number of rotatable bonds is 8. The molecule has 2 aliphatic rings. The normalized spacial score (nSPS) is 22.3. The van der Waals surface area contributed by atoms with E-state index in [9.17, 15) is 9.59 Å². The van der Waals surface area contributed by atoms with Gasteiger partial charge in [-0.15, -0.1) is 0 Å². The zero-order chi connectivity index (χ0) is 18.2. The Kier molecular flexibility index (Phi) is 6.99. The van der Waals surface area contributed by atoms with Gasteiger partial charge >= 0.3 is 0 Å². The van der Waals surface area contributed by atoms with Crippen molar-refractivity contribution in [1.29, 1.82) is 0 Å². The lowest BCUT2D eigenvalue weighted by Crippen LogP contribution is -2.33. The minimum Gasteiger partial charge on any atom is -0.377 e. The first-order valence-electron chi connectivity index (χ1n) is 9.33. The van der Waals surface area contributed by atoms with E-state index in [1.807, 2.05) is 0 Å². The van der Waals surface area contributed by atoms with Gasteiger partial charge in [0.05, 0.1) is 18.8 Å². The first-order valence-corrected chi connectivity index (χ1v) is 9.33. The number of benzene rings is 1. The number of anilines is 1. The largest absolute Gasteiger partial charge is 0.377 e. The minimum atomic E-state index is -0.159. The van der Waals surface area contributed by atoms with Crippen molar-refractivity contribution in [3.63, 3.8) is 0 Å². The van der Waals surface area contributed by atoms with Gasteiger partial charge in [0.2, 0.25) is 5.91 Å². The molecule has 2 amide bonds. The molecule has 2 aliphatic heterocycles. The van der Waals surface area contributed by atoms with Gasteiger partial charge in [-0.1, -0.05) is 6.07 Å². The van der Waals surface area contributed by atoms with Gasteiger partial charge in [0.25, 0.3) is 5.91 Å². The van der Waals surface area contributed by atoms with Gasteiger partial charge < -0.3 is 25.4 Å². The van der Waals surface area contributed by atoms with E-state index in [4.69, 9.17) is 9.47 Å². The summed E-state index contributed by atoms with van der Waals surface area (Å²) in [7, 11) is 0. The highest BCUT2D eigenvalue weighted by Crippen LogP contribution is 2.13. The molecule has 0 bridgehead atoms. The van der Waals surface area contributed by atoms with Crippen LogP contribution in [0.25, 0.3) is 0 Å². The summed E-state index contributed by atoms with van der Waals surface area (Å²) in [5, 5.41) is 8.80. The number of nitrogens with one attached hydrogen (secondary N) is 3. The van der Waals surface area contributed by atoms with E-state index < -0.39 is 0 Å². The first kappa shape index (κ1) is 18.8. The number of amides is 2. The van der Waals surface area contributed by atoms with Crippen LogP contribution in [0.2, 0.25) is 0 Å². The Bertz CT molecular complexity index is 611. The van der Waals surface area contributed by atoms with Gasteiger partial charge in [-0.05, 0) is 43.9 Å². The fourth-order valence-corrected chi connectivity index (χ4v) is 3.21. The van der Waals surface area contributed by atoms with Crippen molar-refractivity contribution >= 4 is 17.5 Å². The SMILES string of the molecule is O=C(CNCC1CCCO1)Nc1cccc(C(=O)NCC2CCCO2)c1. The highest BCUT2D eigenvalue weighted by Gasteiger charge is 2.17. The van der Waals surface area contributed by atoms with Gasteiger partial charge in [-0.2, -0.15) is 0 Å². The molecule has 1 aromatic carbocycles. The van der Waals surface area contributed by atoms with Gasteiger partial charge in [0.15, 0.2) is 0 Å². The third-order valence-corrected chi connectivity index (χ3v) is 4.60. The van der Waals surface area contributed by atoms with Crippen LogP contribution in [-0.4, -0.2) is 56.9 Å². The maximum Gasteiger partial charge on any atom is 0.251 e. The van der Waals surface area contributed by atoms with Crippen LogP contribution in [0, 0.1) is 0 Å². The van der Waals surface area contributed by atoms with Crippen LogP contribution in [0.4, 0.5) is 5.69 Å². The Hall–Kier alpha value is -1.96. The first-order chi connectivity index (χ1) is 12.7. The van der Waals surface area contributed by atoms with Crippen molar-refractivity contribution in [2.45, 2.75) is 37.9 Å². The van der Waals surface area contributed by atoms with Crippen LogP contribution in [0.3, 0.4) is 0 Å². The summed E-state index contributed by atoms with van der Waals surface area (Å²) in [4.78, 5) is 24.3. The summed E-state index contributed by atoms with van der Waals surface area (Å²) in [6.45, 7) is 2.99. The smallest absolute Gasteiger partial charge is 0.251 e. The van der Waals surface area contributed by atoms with Crippen molar-refractivity contribution in [2.75, 3.05) is 38.2 Å². The lowest BCUT2D eigenvalue weighted by Gasteiger charge is -2.12. The molecule has 0 aromatic heterocycles. The van der Waals surface area contributed by atoms with Crippen LogP contribution < -0.4 is 16.0 Å². The average molecular weight is 361 g/mol. The number of carbonyl (C=O) groups excluding carboxylic acids is 2. The molecule has 0 aliphatic carbocycles. The second-order valence-corrected chi connectivity index (χ2v) is 6.74. The molecule has 2 heterocycles. The number of ether oxygens (including phenoxy) is 2. The van der Waals surface area contributed by atoms with Crippen molar-refractivity contribution in [2.24, 2.45) is 0 Å². The van der Waals surface area contributed by atoms with Crippen molar-refractivity contribution in [1.82, 2.24) is 10.6 Å². The molecule has 1 aromatic rings. The van der Waals surface area contributed by atoms with Gasteiger partial charge in [0.1, 0.15) is 0 Å². The number of carbonyl (C=O) groups is 2. The number of hydrogen-bond acceptors (Lipinski definition) is 5. The molecule has 2 atom stereocenters. The molecular formula is C19H27N3O4. The minimum absolute atomic E-state index is 0.108. The van der Waals surface area contributed by atoms with Crippen LogP contribution >= 0.6 is 0 Å². The van der Waals surface area contributed by atoms with E-state index in [1.165, 1.54) is 0 Å². The lowest BCUT2D eigenvalue weighted by molar-refractivity contribution is -0.115. The Morgan fingerprint density at radius 1 is 1.04 bits per heavy atom. The molecule has 7 heteroatoms. The van der Waals surface area contributed by atoms with Crippen molar-refractivity contribution in [3.05, 3.63) is 29.8 Å². The van der Waals surface area contributed by atoms with E-state index >= 15 is 0 Å². The van der Waals surface area contributed by atoms with Crippen LogP contribution in [0.15, 0.2) is 24.3 Å². The molecule has 142 valence electrons. The monoisotopic (exact) mass is 361 g/mol. The fraction of sp³-hybridized carbons (Fsp3) is 0.579. The average Bonchev–Trinajstić information content (AvgIpc) is 3.34. The van der Waals surface area contributed by atoms with E-state index in [2.05, 4.69) is 16.0 Å². The molecule has 0 radical (unpaired) electrons. The highest BCUT2D eigenvalue weighted by molar-refractivity contribution is 5.97. The lowest BCUT2D eigenvalue weighted by atomic mass is 10.1. The molecule has 0 saturated carbocycles. The topological polar surface area (TPSA) is 88.7 Å². The molecule has 0 spiro atoms. The van der Waals surface area contributed by atoms with Gasteiger partial charge in [-0.3, -0.25) is 9.59 Å². The van der Waals surface area contributed by atoms with E-state index in [1.54, 1.807) is 24.3 Å². The predicted octanol–water partition coefficient (Wildman–Crippen LogP) is 1.30. The summed E-state index contributed by atoms with van der Waals surface area (Å²) in [6, 6.07) is 6.95. The van der Waals surface area contributed by atoms with Crippen molar-refractivity contribution < 1.29 is 19.1 Å². The van der Waals surface area contributed by atoms with E-state index in [0.717, 1.165) is 38.9 Å². The highest BCUT2D eigenvalue weighted by atomic mass is 16.5. The Morgan fingerprint density at radius 2 is 1.77 bits per heavy atom. The zero-order valence-corrected chi connectivity index (χ0v) is 15.0. The van der Waals surface area contributed by atoms with E-state index in [0.29, 0.717) is 24.3 Å². The van der Waals surface area contributed by atoms with Crippen LogP contribution in [-0.2, 0) is 14.3 Å². The summed E-state index contributed by atoms with van der Waals surface area (Å²) >= 11 is 0. The third-order valence-electron chi connectivity index (χ3n) is 4.60. The van der Waals surface area contributed by atoms with Crippen molar-refractivity contribution in [3.8, 4) is 0 Å². The van der Waals surface area contributed by atoms with Gasteiger partial charge in [-0.25, -0.2) is 0 Å². The summed E-state index contributed by atoms with van der Waals surface area (Å²) in [5.41, 5.74) is 1.13. The Labute approximate surface area is 153 Å². The maximum atomic E-state index is 12.3. The maximum absolute atomic E-state index is 12.3. The van der Waals surface area contributed by atoms with E-state index in [-0.39, 0.29) is 30.6 Å². The molecule has 7 nitrogen and oxygen atoms in total. The second kappa shape index (κ2) is 9.66. The molecular weight excluding hydrogens is 334 g/mol. The molecule has 2 saturated heterocycles. The molecule has 2 fully saturated rings. The third kappa shape index (κ3) is 5.79. The predicted molar refractivity (Wildman–Crippen MR) is 98.2 cm³/mol. The molecule has 3 rings (SSSR count). The number of hydrogen-bond donors (Lipinski definition) is 3. The standard InChI is InChI=1S/C19H27N3O4/c23-18(13-20-11-16-6-2-8-25-16)22-15-5-1-4-14(10-15)19(24)21-12-17-7-3-9-26-17/h1,4-5,10,16-17,20H,2-3,6-9,11-13H2,(H,21,24)(H,22,23). The summed E-state index contributed by atoms with van der Waals surface area (Å²) in [6.07, 6.45) is 4.46. The second-order valence-electron chi connectivity index (χ2n) is 6.74. The molecule has 2 unspecified atom stereocenters. The van der Waals surface area contributed by atoms with Crippen LogP contribution in [0.5, 0.6) is 0 Å².